The molecule has 0 fully saturated rings. The quantitative estimate of drug-likeness (QED) is 0.326. The fourth-order valence-corrected chi connectivity index (χ4v) is 2.43. The molecular formula is C15H30. The van der Waals surface area contributed by atoms with Crippen LogP contribution in [0.3, 0.4) is 0 Å². The highest BCUT2D eigenvalue weighted by Gasteiger charge is 2.13. The fourth-order valence-electron chi connectivity index (χ4n) is 2.43. The normalized spacial score (nSPS) is 14.9. The molecule has 0 heterocycles. The summed E-state index contributed by atoms with van der Waals surface area (Å²) < 4.78 is 0. The van der Waals surface area contributed by atoms with Gasteiger partial charge in [0, 0.05) is 0 Å². The minimum absolute atomic E-state index is 0.929. The number of unbranched alkanes of at least 4 members (excludes halogenated alkanes) is 3. The SMILES string of the molecule is C=CCCCCCC(C)C(CC)CCC. The highest BCUT2D eigenvalue weighted by molar-refractivity contribution is 4.67. The lowest BCUT2D eigenvalue weighted by Crippen LogP contribution is -2.10. The number of hydrogen-bond acceptors (Lipinski definition) is 0. The van der Waals surface area contributed by atoms with E-state index in [0.29, 0.717) is 0 Å². The molecule has 2 atom stereocenters. The molecule has 0 spiro atoms. The molecule has 0 saturated carbocycles. The Morgan fingerprint density at radius 1 is 1.07 bits per heavy atom. The second kappa shape index (κ2) is 10.3. The zero-order valence-electron chi connectivity index (χ0n) is 11.1. The van der Waals surface area contributed by atoms with E-state index in [1.165, 1.54) is 51.4 Å². The molecule has 0 bridgehead atoms. The Hall–Kier alpha value is -0.260. The van der Waals surface area contributed by atoms with Crippen molar-refractivity contribution in [1.29, 1.82) is 0 Å². The van der Waals surface area contributed by atoms with Crippen LogP contribution in [0.4, 0.5) is 0 Å². The van der Waals surface area contributed by atoms with Gasteiger partial charge in [0.2, 0.25) is 0 Å². The largest absolute Gasteiger partial charge is 0.103 e. The number of rotatable bonds is 10. The average Bonchev–Trinajstić information content (AvgIpc) is 2.25. The summed E-state index contributed by atoms with van der Waals surface area (Å²) in [5, 5.41) is 0. The molecule has 0 rings (SSSR count). The van der Waals surface area contributed by atoms with Crippen molar-refractivity contribution in [1.82, 2.24) is 0 Å². The Kier molecular flexibility index (Phi) is 10.1. The first-order chi connectivity index (χ1) is 7.26. The minimum atomic E-state index is 0.929. The highest BCUT2D eigenvalue weighted by Crippen LogP contribution is 2.25. The van der Waals surface area contributed by atoms with E-state index in [1.54, 1.807) is 0 Å². The van der Waals surface area contributed by atoms with Gasteiger partial charge in [-0.1, -0.05) is 65.4 Å². The van der Waals surface area contributed by atoms with Crippen molar-refractivity contribution in [3.8, 4) is 0 Å². The van der Waals surface area contributed by atoms with Crippen molar-refractivity contribution < 1.29 is 0 Å². The first kappa shape index (κ1) is 14.7. The lowest BCUT2D eigenvalue weighted by molar-refractivity contribution is 0.298. The van der Waals surface area contributed by atoms with E-state index in [0.717, 1.165) is 11.8 Å². The van der Waals surface area contributed by atoms with Crippen LogP contribution in [0.25, 0.3) is 0 Å². The molecule has 0 aliphatic carbocycles. The molecule has 0 amide bonds. The van der Waals surface area contributed by atoms with E-state index < -0.39 is 0 Å². The predicted molar refractivity (Wildman–Crippen MR) is 71.1 cm³/mol. The van der Waals surface area contributed by atoms with Gasteiger partial charge in [-0.15, -0.1) is 6.58 Å². The molecule has 0 aromatic rings. The summed E-state index contributed by atoms with van der Waals surface area (Å²) in [6.45, 7) is 10.8. The highest BCUT2D eigenvalue weighted by atomic mass is 14.2. The topological polar surface area (TPSA) is 0 Å². The third-order valence-electron chi connectivity index (χ3n) is 3.56. The van der Waals surface area contributed by atoms with E-state index in [2.05, 4.69) is 27.4 Å². The first-order valence-corrected chi connectivity index (χ1v) is 6.87. The maximum Gasteiger partial charge on any atom is -0.0353 e. The number of hydrogen-bond donors (Lipinski definition) is 0. The lowest BCUT2D eigenvalue weighted by Gasteiger charge is -2.22. The van der Waals surface area contributed by atoms with Gasteiger partial charge in [-0.25, -0.2) is 0 Å². The molecule has 0 N–H and O–H groups in total. The summed E-state index contributed by atoms with van der Waals surface area (Å²) in [7, 11) is 0. The Morgan fingerprint density at radius 2 is 1.80 bits per heavy atom. The van der Waals surface area contributed by atoms with Gasteiger partial charge in [0.15, 0.2) is 0 Å². The zero-order valence-corrected chi connectivity index (χ0v) is 11.1. The van der Waals surface area contributed by atoms with E-state index in [1.807, 2.05) is 6.08 Å². The van der Waals surface area contributed by atoms with Crippen molar-refractivity contribution in [3.05, 3.63) is 12.7 Å². The summed E-state index contributed by atoms with van der Waals surface area (Å²) in [6.07, 6.45) is 12.9. The van der Waals surface area contributed by atoms with Crippen LogP contribution in [0.1, 0.15) is 72.1 Å². The van der Waals surface area contributed by atoms with Gasteiger partial charge in [-0.3, -0.25) is 0 Å². The van der Waals surface area contributed by atoms with Gasteiger partial charge in [0.1, 0.15) is 0 Å². The summed E-state index contributed by atoms with van der Waals surface area (Å²) in [5.74, 6) is 1.90. The molecule has 0 aromatic carbocycles. The fraction of sp³-hybridized carbons (Fsp3) is 0.867. The van der Waals surface area contributed by atoms with Crippen LogP contribution < -0.4 is 0 Å². The van der Waals surface area contributed by atoms with Crippen LogP contribution in [-0.2, 0) is 0 Å². The average molecular weight is 210 g/mol. The van der Waals surface area contributed by atoms with Gasteiger partial charge in [-0.05, 0) is 24.7 Å². The van der Waals surface area contributed by atoms with Crippen LogP contribution in [0.15, 0.2) is 12.7 Å². The van der Waals surface area contributed by atoms with Gasteiger partial charge < -0.3 is 0 Å². The van der Waals surface area contributed by atoms with Crippen LogP contribution in [0.2, 0.25) is 0 Å². The van der Waals surface area contributed by atoms with Gasteiger partial charge in [0.05, 0.1) is 0 Å². The maximum absolute atomic E-state index is 3.76. The van der Waals surface area contributed by atoms with Crippen LogP contribution >= 0.6 is 0 Å². The molecule has 2 unspecified atom stereocenters. The van der Waals surface area contributed by atoms with Crippen molar-refractivity contribution >= 4 is 0 Å². The molecular weight excluding hydrogens is 180 g/mol. The Balaban J connectivity index is 3.51. The Bertz CT molecular complexity index is 137. The zero-order chi connectivity index (χ0) is 11.5. The van der Waals surface area contributed by atoms with Gasteiger partial charge >= 0.3 is 0 Å². The first-order valence-electron chi connectivity index (χ1n) is 6.87. The van der Waals surface area contributed by atoms with E-state index in [4.69, 9.17) is 0 Å². The summed E-state index contributed by atoms with van der Waals surface area (Å²) in [6, 6.07) is 0. The third kappa shape index (κ3) is 7.64. The van der Waals surface area contributed by atoms with Crippen molar-refractivity contribution in [2.24, 2.45) is 11.8 Å². The molecule has 90 valence electrons. The minimum Gasteiger partial charge on any atom is -0.103 e. The molecule has 0 heteroatoms. The summed E-state index contributed by atoms with van der Waals surface area (Å²) in [4.78, 5) is 0. The van der Waals surface area contributed by atoms with Gasteiger partial charge in [-0.2, -0.15) is 0 Å². The lowest BCUT2D eigenvalue weighted by atomic mass is 9.84. The van der Waals surface area contributed by atoms with E-state index in [-0.39, 0.29) is 0 Å². The maximum atomic E-state index is 3.76. The second-order valence-electron chi connectivity index (χ2n) is 4.86. The predicted octanol–water partition coefficient (Wildman–Crippen LogP) is 5.59. The van der Waals surface area contributed by atoms with Gasteiger partial charge in [0.25, 0.3) is 0 Å². The van der Waals surface area contributed by atoms with Crippen LogP contribution in [0, 0.1) is 11.8 Å². The van der Waals surface area contributed by atoms with Crippen LogP contribution in [-0.4, -0.2) is 0 Å². The summed E-state index contributed by atoms with van der Waals surface area (Å²) >= 11 is 0. The van der Waals surface area contributed by atoms with E-state index in [9.17, 15) is 0 Å². The second-order valence-corrected chi connectivity index (χ2v) is 4.86. The number of allylic oxidation sites excluding steroid dienone is 1. The Morgan fingerprint density at radius 3 is 2.33 bits per heavy atom. The van der Waals surface area contributed by atoms with Crippen molar-refractivity contribution in [2.75, 3.05) is 0 Å². The Labute approximate surface area is 97.2 Å². The summed E-state index contributed by atoms with van der Waals surface area (Å²) in [5.41, 5.74) is 0. The van der Waals surface area contributed by atoms with Crippen LogP contribution in [0.5, 0.6) is 0 Å². The van der Waals surface area contributed by atoms with Crippen molar-refractivity contribution in [2.45, 2.75) is 72.1 Å². The smallest absolute Gasteiger partial charge is 0.0353 e. The molecule has 0 aliphatic heterocycles. The molecule has 15 heavy (non-hydrogen) atoms. The monoisotopic (exact) mass is 210 g/mol. The molecule has 0 aliphatic rings. The van der Waals surface area contributed by atoms with Crippen molar-refractivity contribution in [3.63, 3.8) is 0 Å². The third-order valence-corrected chi connectivity index (χ3v) is 3.56. The molecule has 0 nitrogen and oxygen atoms in total. The van der Waals surface area contributed by atoms with E-state index >= 15 is 0 Å². The molecule has 0 radical (unpaired) electrons. The standard InChI is InChI=1S/C15H30/c1-5-8-9-10-11-13-14(4)15(7-3)12-6-2/h5,14-15H,1,6-13H2,2-4H3. The molecule has 0 saturated heterocycles. The molecule has 0 aromatic heterocycles.